The van der Waals surface area contributed by atoms with Crippen molar-refractivity contribution in [2.24, 2.45) is 0 Å². The van der Waals surface area contributed by atoms with Gasteiger partial charge in [0, 0.05) is 29.6 Å². The largest absolute Gasteiger partial charge is 0.545 e. The first-order valence-corrected chi connectivity index (χ1v) is 10.0. The minimum Gasteiger partial charge on any atom is -0.545 e. The van der Waals surface area contributed by atoms with E-state index in [4.69, 9.17) is 9.47 Å². The summed E-state index contributed by atoms with van der Waals surface area (Å²) in [6, 6.07) is 9.98. The summed E-state index contributed by atoms with van der Waals surface area (Å²) in [5.74, 6) is -2.89. The predicted molar refractivity (Wildman–Crippen MR) is 117 cm³/mol. The van der Waals surface area contributed by atoms with E-state index in [1.54, 1.807) is 24.5 Å². The van der Waals surface area contributed by atoms with E-state index in [-0.39, 0.29) is 46.0 Å². The van der Waals surface area contributed by atoms with Gasteiger partial charge in [0.15, 0.2) is 11.5 Å². The maximum absolute atomic E-state index is 12.9. The van der Waals surface area contributed by atoms with E-state index in [1.165, 1.54) is 44.6 Å². The fourth-order valence-corrected chi connectivity index (χ4v) is 3.60. The van der Waals surface area contributed by atoms with Gasteiger partial charge in [0.2, 0.25) is 0 Å². The Morgan fingerprint density at radius 3 is 2.35 bits per heavy atom. The number of nitrogens with zero attached hydrogens (tertiary/aromatic N) is 2. The van der Waals surface area contributed by atoms with Gasteiger partial charge in [-0.1, -0.05) is 6.07 Å². The highest BCUT2D eigenvalue weighted by Gasteiger charge is 2.36. The smallest absolute Gasteiger partial charge is 0.261 e. The fraction of sp³-hybridized carbons (Fsp3) is 0.125. The first kappa shape index (κ1) is 22.5. The van der Waals surface area contributed by atoms with Gasteiger partial charge in [0.25, 0.3) is 17.7 Å². The molecule has 10 heteroatoms. The molecule has 2 heterocycles. The van der Waals surface area contributed by atoms with Crippen LogP contribution in [0.4, 0.5) is 5.69 Å². The number of carboxylic acid groups (broad SMARTS) is 1. The number of rotatable bonds is 7. The lowest BCUT2D eigenvalue weighted by atomic mass is 10.0. The molecule has 0 fully saturated rings. The summed E-state index contributed by atoms with van der Waals surface area (Å²) in [5, 5.41) is 14.1. The maximum atomic E-state index is 12.9. The number of aromatic nitrogens is 1. The maximum Gasteiger partial charge on any atom is 0.261 e. The predicted octanol–water partition coefficient (Wildman–Crippen LogP) is 1.51. The fourth-order valence-electron chi connectivity index (χ4n) is 3.60. The van der Waals surface area contributed by atoms with Gasteiger partial charge in [-0.3, -0.25) is 24.3 Å². The van der Waals surface area contributed by atoms with Crippen LogP contribution in [0.15, 0.2) is 54.9 Å². The molecule has 1 aliphatic heterocycles. The average molecular weight is 460 g/mol. The third-order valence-corrected chi connectivity index (χ3v) is 5.29. The van der Waals surface area contributed by atoms with Crippen molar-refractivity contribution in [2.45, 2.75) is 6.54 Å². The molecule has 0 spiro atoms. The number of methoxy groups -OCH3 is 2. The molecule has 0 unspecified atom stereocenters. The Labute approximate surface area is 193 Å². The SMILES string of the molecule is COc1cc(NC(=O)c2ccc3c(c2)C(=O)N(Cc2cccnc2)C3=O)c(C(=O)[O-])cc1OC. The second-order valence-corrected chi connectivity index (χ2v) is 7.31. The summed E-state index contributed by atoms with van der Waals surface area (Å²) in [7, 11) is 2.71. The summed E-state index contributed by atoms with van der Waals surface area (Å²) in [6.45, 7) is 0.0440. The molecular formula is C24H18N3O7-. The molecule has 0 saturated heterocycles. The van der Waals surface area contributed by atoms with Crippen molar-refractivity contribution < 1.29 is 33.8 Å². The quantitative estimate of drug-likeness (QED) is 0.524. The van der Waals surface area contributed by atoms with E-state index in [1.807, 2.05) is 0 Å². The number of benzene rings is 2. The molecule has 34 heavy (non-hydrogen) atoms. The van der Waals surface area contributed by atoms with Crippen molar-refractivity contribution in [1.29, 1.82) is 0 Å². The van der Waals surface area contributed by atoms with Crippen LogP contribution in [0.25, 0.3) is 0 Å². The van der Waals surface area contributed by atoms with Gasteiger partial charge in [0.1, 0.15) is 0 Å². The number of carboxylic acids is 1. The number of nitrogens with one attached hydrogen (secondary N) is 1. The third-order valence-electron chi connectivity index (χ3n) is 5.29. The van der Waals surface area contributed by atoms with E-state index >= 15 is 0 Å². The summed E-state index contributed by atoms with van der Waals surface area (Å²) in [6.07, 6.45) is 3.14. The number of pyridine rings is 1. The second kappa shape index (κ2) is 9.02. The van der Waals surface area contributed by atoms with Gasteiger partial charge in [0.05, 0.1) is 43.5 Å². The number of hydrogen-bond acceptors (Lipinski definition) is 8. The summed E-state index contributed by atoms with van der Waals surface area (Å²) in [5.41, 5.74) is 0.589. The van der Waals surface area contributed by atoms with Crippen LogP contribution in [0.1, 0.15) is 47.0 Å². The van der Waals surface area contributed by atoms with Crippen LogP contribution in [0.3, 0.4) is 0 Å². The van der Waals surface area contributed by atoms with E-state index in [2.05, 4.69) is 10.3 Å². The molecule has 4 rings (SSSR count). The van der Waals surface area contributed by atoms with Crippen LogP contribution in [0.2, 0.25) is 0 Å². The van der Waals surface area contributed by atoms with Crippen molar-refractivity contribution in [3.63, 3.8) is 0 Å². The molecule has 1 aromatic heterocycles. The molecule has 0 bridgehead atoms. The zero-order valence-corrected chi connectivity index (χ0v) is 18.2. The van der Waals surface area contributed by atoms with Gasteiger partial charge in [-0.2, -0.15) is 0 Å². The van der Waals surface area contributed by atoms with Gasteiger partial charge >= 0.3 is 0 Å². The van der Waals surface area contributed by atoms with Crippen molar-refractivity contribution >= 4 is 29.4 Å². The third kappa shape index (κ3) is 4.04. The molecule has 1 N–H and O–H groups in total. The van der Waals surface area contributed by atoms with E-state index in [9.17, 15) is 24.3 Å². The van der Waals surface area contributed by atoms with Crippen molar-refractivity contribution in [1.82, 2.24) is 9.88 Å². The van der Waals surface area contributed by atoms with Crippen LogP contribution in [0.5, 0.6) is 11.5 Å². The zero-order valence-electron chi connectivity index (χ0n) is 18.2. The van der Waals surface area contributed by atoms with Gasteiger partial charge in [-0.25, -0.2) is 0 Å². The molecule has 3 aromatic rings. The number of fused-ring (bicyclic) bond motifs is 1. The van der Waals surface area contributed by atoms with Crippen molar-refractivity contribution in [3.05, 3.63) is 82.7 Å². The highest BCUT2D eigenvalue weighted by atomic mass is 16.5. The van der Waals surface area contributed by atoms with E-state index < -0.39 is 23.7 Å². The lowest BCUT2D eigenvalue weighted by molar-refractivity contribution is -0.254. The molecule has 3 amide bonds. The van der Waals surface area contributed by atoms with Crippen LogP contribution < -0.4 is 19.9 Å². The lowest BCUT2D eigenvalue weighted by Gasteiger charge is -2.16. The number of amides is 3. The number of aromatic carboxylic acids is 1. The Morgan fingerprint density at radius 1 is 1.00 bits per heavy atom. The first-order chi connectivity index (χ1) is 16.3. The summed E-state index contributed by atoms with van der Waals surface area (Å²) < 4.78 is 10.3. The van der Waals surface area contributed by atoms with Crippen LogP contribution in [-0.4, -0.2) is 47.8 Å². The lowest BCUT2D eigenvalue weighted by Crippen LogP contribution is -2.29. The van der Waals surface area contributed by atoms with E-state index in [0.717, 1.165) is 4.90 Å². The van der Waals surface area contributed by atoms with Crippen LogP contribution >= 0.6 is 0 Å². The number of hydrogen-bond donors (Lipinski definition) is 1. The number of carbonyl (C=O) groups is 4. The Morgan fingerprint density at radius 2 is 1.71 bits per heavy atom. The Hall–Kier alpha value is -4.73. The number of carbonyl (C=O) groups excluding carboxylic acids is 4. The highest BCUT2D eigenvalue weighted by molar-refractivity contribution is 6.22. The molecule has 1 aliphatic rings. The van der Waals surface area contributed by atoms with Gasteiger partial charge < -0.3 is 24.7 Å². The van der Waals surface area contributed by atoms with Gasteiger partial charge in [-0.15, -0.1) is 0 Å². The average Bonchev–Trinajstić information content (AvgIpc) is 3.08. The second-order valence-electron chi connectivity index (χ2n) is 7.31. The Bertz CT molecular complexity index is 1320. The van der Waals surface area contributed by atoms with Crippen molar-refractivity contribution in [2.75, 3.05) is 19.5 Å². The minimum absolute atomic E-state index is 0.0440. The number of ether oxygens (including phenoxy) is 2. The Kier molecular flexibility index (Phi) is 5.96. The molecule has 0 aliphatic carbocycles. The van der Waals surface area contributed by atoms with Crippen LogP contribution in [-0.2, 0) is 6.54 Å². The van der Waals surface area contributed by atoms with Crippen molar-refractivity contribution in [3.8, 4) is 11.5 Å². The Balaban J connectivity index is 1.61. The highest BCUT2D eigenvalue weighted by Crippen LogP contribution is 2.33. The monoisotopic (exact) mass is 460 g/mol. The molecule has 10 nitrogen and oxygen atoms in total. The standard InChI is InChI=1S/C24H19N3O7/c1-33-19-9-17(24(31)32)18(10-20(19)34-2)26-21(28)14-5-6-15-16(8-14)23(30)27(22(15)29)12-13-4-3-7-25-11-13/h3-11H,12H2,1-2H3,(H,26,28)(H,31,32)/p-1. The topological polar surface area (TPSA) is 138 Å². The number of imide groups is 1. The molecule has 0 radical (unpaired) electrons. The number of anilines is 1. The molecule has 0 atom stereocenters. The molecule has 0 saturated carbocycles. The van der Waals surface area contributed by atoms with E-state index in [0.29, 0.717) is 5.56 Å². The first-order valence-electron chi connectivity index (χ1n) is 10.0. The molecule has 2 aromatic carbocycles. The van der Waals surface area contributed by atoms with Crippen LogP contribution in [0, 0.1) is 0 Å². The minimum atomic E-state index is -1.53. The van der Waals surface area contributed by atoms with Gasteiger partial charge in [-0.05, 0) is 35.9 Å². The summed E-state index contributed by atoms with van der Waals surface area (Å²) in [4.78, 5) is 55.1. The molecular weight excluding hydrogens is 442 g/mol. The molecule has 172 valence electrons. The normalized spacial score (nSPS) is 12.4. The zero-order chi connectivity index (χ0) is 24.4. The summed E-state index contributed by atoms with van der Waals surface area (Å²) >= 11 is 0.